The van der Waals surface area contributed by atoms with Crippen LogP contribution in [0.3, 0.4) is 0 Å². The number of methoxy groups -OCH3 is 1. The first-order valence-electron chi connectivity index (χ1n) is 5.54. The maximum Gasteiger partial charge on any atom is 0.313 e. The van der Waals surface area contributed by atoms with E-state index in [9.17, 15) is 4.79 Å². The molecule has 1 N–H and O–H groups in total. The Morgan fingerprint density at radius 2 is 2.38 bits per heavy atom. The van der Waals surface area contributed by atoms with E-state index in [1.165, 1.54) is 12.7 Å². The van der Waals surface area contributed by atoms with E-state index in [0.29, 0.717) is 6.54 Å². The number of esters is 1. The summed E-state index contributed by atoms with van der Waals surface area (Å²) in [6.07, 6.45) is 3.01. The second kappa shape index (κ2) is 4.45. The number of rotatable bonds is 4. The molecule has 1 aliphatic rings. The van der Waals surface area contributed by atoms with E-state index in [1.807, 2.05) is 0 Å². The number of nitrogens with one attached hydrogen (secondary N) is 1. The van der Waals surface area contributed by atoms with Crippen LogP contribution in [0, 0.1) is 12.3 Å². The van der Waals surface area contributed by atoms with Gasteiger partial charge in [0.15, 0.2) is 0 Å². The van der Waals surface area contributed by atoms with Crippen LogP contribution in [0.2, 0.25) is 0 Å². The average Bonchev–Trinajstić information content (AvgIpc) is 2.62. The summed E-state index contributed by atoms with van der Waals surface area (Å²) in [6.45, 7) is 2.77. The van der Waals surface area contributed by atoms with Gasteiger partial charge in [-0.05, 0) is 36.8 Å². The van der Waals surface area contributed by atoms with Crippen molar-refractivity contribution in [3.8, 4) is 0 Å². The molecule has 0 radical (unpaired) electrons. The summed E-state index contributed by atoms with van der Waals surface area (Å²) in [5.74, 6) is -0.0690. The number of carbonyl (C=O) groups excluding carboxylic acids is 1. The standard InChI is InChI=1S/C12H17NO2S/c1-9-4-7-16-10(9)13-8-12(5-3-6-12)11(14)15-2/h4,7,13H,3,5-6,8H2,1-2H3. The first-order chi connectivity index (χ1) is 7.68. The second-order valence-corrected chi connectivity index (χ2v) is 5.33. The Morgan fingerprint density at radius 1 is 1.62 bits per heavy atom. The van der Waals surface area contributed by atoms with Gasteiger partial charge < -0.3 is 10.1 Å². The molecule has 16 heavy (non-hydrogen) atoms. The molecule has 1 fully saturated rings. The normalized spacial score (nSPS) is 17.6. The predicted molar refractivity (Wildman–Crippen MR) is 65.8 cm³/mol. The molecule has 3 nitrogen and oxygen atoms in total. The number of hydrogen-bond acceptors (Lipinski definition) is 4. The fraction of sp³-hybridized carbons (Fsp3) is 0.583. The van der Waals surface area contributed by atoms with Crippen LogP contribution in [0.5, 0.6) is 0 Å². The van der Waals surface area contributed by atoms with E-state index < -0.39 is 0 Å². The van der Waals surface area contributed by atoms with Crippen LogP contribution < -0.4 is 5.32 Å². The van der Waals surface area contributed by atoms with Crippen LogP contribution in [-0.2, 0) is 9.53 Å². The summed E-state index contributed by atoms with van der Waals surface area (Å²) in [4.78, 5) is 11.7. The van der Waals surface area contributed by atoms with Gasteiger partial charge in [-0.25, -0.2) is 0 Å². The summed E-state index contributed by atoms with van der Waals surface area (Å²) in [7, 11) is 1.47. The predicted octanol–water partition coefficient (Wildman–Crippen LogP) is 2.81. The minimum atomic E-state index is -0.273. The zero-order valence-corrected chi connectivity index (χ0v) is 10.5. The van der Waals surface area contributed by atoms with Crippen LogP contribution in [0.25, 0.3) is 0 Å². The highest BCUT2D eigenvalue weighted by molar-refractivity contribution is 7.14. The highest BCUT2D eigenvalue weighted by Crippen LogP contribution is 2.42. The fourth-order valence-corrected chi connectivity index (χ4v) is 2.89. The Hall–Kier alpha value is -1.03. The minimum Gasteiger partial charge on any atom is -0.469 e. The third-order valence-corrected chi connectivity index (χ3v) is 4.35. The quantitative estimate of drug-likeness (QED) is 0.821. The van der Waals surface area contributed by atoms with Crippen LogP contribution in [0.1, 0.15) is 24.8 Å². The largest absolute Gasteiger partial charge is 0.469 e. The molecular weight excluding hydrogens is 222 g/mol. The Morgan fingerprint density at radius 3 is 2.81 bits per heavy atom. The molecule has 0 saturated heterocycles. The highest BCUT2D eigenvalue weighted by atomic mass is 32.1. The molecule has 0 unspecified atom stereocenters. The van der Waals surface area contributed by atoms with Crippen LogP contribution in [0.4, 0.5) is 5.00 Å². The fourth-order valence-electron chi connectivity index (χ4n) is 2.08. The van der Waals surface area contributed by atoms with E-state index in [2.05, 4.69) is 23.7 Å². The molecule has 1 aromatic rings. The maximum absolute atomic E-state index is 11.7. The van der Waals surface area contributed by atoms with Gasteiger partial charge in [0.25, 0.3) is 0 Å². The monoisotopic (exact) mass is 239 g/mol. The zero-order chi connectivity index (χ0) is 11.6. The molecule has 0 aliphatic heterocycles. The van der Waals surface area contributed by atoms with Gasteiger partial charge in [0.05, 0.1) is 17.5 Å². The molecule has 0 bridgehead atoms. The SMILES string of the molecule is COC(=O)C1(CNc2sccc2C)CCC1. The number of ether oxygens (including phenoxy) is 1. The van der Waals surface area contributed by atoms with Crippen molar-refractivity contribution in [1.82, 2.24) is 0 Å². The van der Waals surface area contributed by atoms with Gasteiger partial charge in [-0.2, -0.15) is 0 Å². The Balaban J connectivity index is 1.98. The van der Waals surface area contributed by atoms with Gasteiger partial charge in [-0.3, -0.25) is 4.79 Å². The summed E-state index contributed by atoms with van der Waals surface area (Å²) in [6, 6.07) is 2.08. The zero-order valence-electron chi connectivity index (χ0n) is 9.71. The molecule has 1 heterocycles. The number of carbonyl (C=O) groups is 1. The lowest BCUT2D eigenvalue weighted by Gasteiger charge is -2.38. The molecule has 0 aromatic carbocycles. The molecule has 0 amide bonds. The lowest BCUT2D eigenvalue weighted by molar-refractivity contribution is -0.157. The van der Waals surface area contributed by atoms with Gasteiger partial charge in [-0.15, -0.1) is 11.3 Å². The third-order valence-electron chi connectivity index (χ3n) is 3.38. The highest BCUT2D eigenvalue weighted by Gasteiger charge is 2.45. The first-order valence-corrected chi connectivity index (χ1v) is 6.42. The van der Waals surface area contributed by atoms with E-state index in [4.69, 9.17) is 4.74 Å². The topological polar surface area (TPSA) is 38.3 Å². The van der Waals surface area contributed by atoms with Crippen molar-refractivity contribution in [2.75, 3.05) is 19.0 Å². The Bertz CT molecular complexity index is 382. The summed E-state index contributed by atoms with van der Waals surface area (Å²) in [5.41, 5.74) is 0.967. The summed E-state index contributed by atoms with van der Waals surface area (Å²) in [5, 5.41) is 6.59. The average molecular weight is 239 g/mol. The van der Waals surface area contributed by atoms with Gasteiger partial charge in [-0.1, -0.05) is 6.42 Å². The van der Waals surface area contributed by atoms with E-state index in [0.717, 1.165) is 24.3 Å². The number of aryl methyl sites for hydroxylation is 1. The molecule has 1 aromatic heterocycles. The van der Waals surface area contributed by atoms with E-state index >= 15 is 0 Å². The van der Waals surface area contributed by atoms with E-state index in [1.54, 1.807) is 11.3 Å². The van der Waals surface area contributed by atoms with Crippen LogP contribution in [0.15, 0.2) is 11.4 Å². The molecule has 1 saturated carbocycles. The van der Waals surface area contributed by atoms with Crippen molar-refractivity contribution in [1.29, 1.82) is 0 Å². The molecule has 2 rings (SSSR count). The Kier molecular flexibility index (Phi) is 3.19. The number of anilines is 1. The molecule has 88 valence electrons. The third kappa shape index (κ3) is 1.94. The number of thiophene rings is 1. The molecule has 1 aliphatic carbocycles. The van der Waals surface area contributed by atoms with Crippen molar-refractivity contribution in [2.45, 2.75) is 26.2 Å². The van der Waals surface area contributed by atoms with Crippen LogP contribution >= 0.6 is 11.3 Å². The minimum absolute atomic E-state index is 0.0690. The lowest BCUT2D eigenvalue weighted by Crippen LogP contribution is -2.44. The van der Waals surface area contributed by atoms with Gasteiger partial charge in [0, 0.05) is 6.54 Å². The van der Waals surface area contributed by atoms with Crippen molar-refractivity contribution in [3.05, 3.63) is 17.0 Å². The first kappa shape index (κ1) is 11.5. The van der Waals surface area contributed by atoms with Gasteiger partial charge in [0.1, 0.15) is 0 Å². The smallest absolute Gasteiger partial charge is 0.313 e. The molecule has 0 spiro atoms. The van der Waals surface area contributed by atoms with Gasteiger partial charge in [0.2, 0.25) is 0 Å². The van der Waals surface area contributed by atoms with Crippen molar-refractivity contribution in [2.24, 2.45) is 5.41 Å². The summed E-state index contributed by atoms with van der Waals surface area (Å²) < 4.78 is 4.88. The van der Waals surface area contributed by atoms with Crippen molar-refractivity contribution in [3.63, 3.8) is 0 Å². The second-order valence-electron chi connectivity index (χ2n) is 4.41. The molecule has 0 atom stereocenters. The molecular formula is C12H17NO2S. The number of hydrogen-bond donors (Lipinski definition) is 1. The van der Waals surface area contributed by atoms with Crippen LogP contribution in [-0.4, -0.2) is 19.6 Å². The van der Waals surface area contributed by atoms with Gasteiger partial charge >= 0.3 is 5.97 Å². The summed E-state index contributed by atoms with van der Waals surface area (Å²) >= 11 is 1.68. The van der Waals surface area contributed by atoms with Crippen molar-refractivity contribution < 1.29 is 9.53 Å². The lowest BCUT2D eigenvalue weighted by atomic mass is 9.68. The maximum atomic E-state index is 11.7. The Labute approximate surface area is 99.8 Å². The van der Waals surface area contributed by atoms with Crippen molar-refractivity contribution >= 4 is 22.3 Å². The van der Waals surface area contributed by atoms with E-state index in [-0.39, 0.29) is 11.4 Å². The molecule has 4 heteroatoms.